The molecular formula is C17H20O4. The molecule has 21 heavy (non-hydrogen) atoms. The van der Waals surface area contributed by atoms with E-state index in [2.05, 4.69) is 6.58 Å². The van der Waals surface area contributed by atoms with Gasteiger partial charge in [0.15, 0.2) is 11.6 Å². The van der Waals surface area contributed by atoms with Crippen molar-refractivity contribution in [2.75, 3.05) is 6.61 Å². The summed E-state index contributed by atoms with van der Waals surface area (Å²) in [6, 6.07) is 8.43. The average Bonchev–Trinajstić information content (AvgIpc) is 2.47. The number of hydrogen-bond donors (Lipinski definition) is 0. The van der Waals surface area contributed by atoms with Crippen molar-refractivity contribution >= 4 is 17.5 Å². The van der Waals surface area contributed by atoms with E-state index in [1.807, 2.05) is 0 Å². The zero-order valence-electron chi connectivity index (χ0n) is 12.6. The summed E-state index contributed by atoms with van der Waals surface area (Å²) >= 11 is 0. The molecular weight excluding hydrogens is 268 g/mol. The predicted octanol–water partition coefficient (Wildman–Crippen LogP) is 2.83. The molecule has 1 rings (SSSR count). The predicted molar refractivity (Wildman–Crippen MR) is 79.9 cm³/mol. The lowest BCUT2D eigenvalue weighted by Crippen LogP contribution is -2.36. The third-order valence-electron chi connectivity index (χ3n) is 3.22. The quantitative estimate of drug-likeness (QED) is 0.335. The topological polar surface area (TPSA) is 60.4 Å². The van der Waals surface area contributed by atoms with Gasteiger partial charge < -0.3 is 4.74 Å². The number of esters is 1. The van der Waals surface area contributed by atoms with E-state index in [9.17, 15) is 14.4 Å². The number of carbonyl (C=O) groups is 3. The van der Waals surface area contributed by atoms with Gasteiger partial charge in [-0.3, -0.25) is 14.4 Å². The zero-order chi connectivity index (χ0) is 16.0. The minimum absolute atomic E-state index is 0.158. The maximum Gasteiger partial charge on any atom is 0.317 e. The summed E-state index contributed by atoms with van der Waals surface area (Å²) in [4.78, 5) is 36.7. The smallest absolute Gasteiger partial charge is 0.317 e. The molecule has 4 nitrogen and oxygen atoms in total. The van der Waals surface area contributed by atoms with E-state index in [1.165, 1.54) is 0 Å². The fourth-order valence-corrected chi connectivity index (χ4v) is 2.09. The Morgan fingerprint density at radius 3 is 2.24 bits per heavy atom. The van der Waals surface area contributed by atoms with Gasteiger partial charge in [0.1, 0.15) is 5.92 Å². The molecule has 0 amide bonds. The summed E-state index contributed by atoms with van der Waals surface area (Å²) in [6.07, 6.45) is 0. The minimum Gasteiger partial charge on any atom is -0.465 e. The number of Topliss-reactive ketones (excluding diaryl/α,β-unsaturated/α-hetero) is 2. The monoisotopic (exact) mass is 288 g/mol. The summed E-state index contributed by atoms with van der Waals surface area (Å²) in [5.74, 6) is -3.33. The molecule has 0 bridgehead atoms. The Balaban J connectivity index is 3.14. The molecule has 1 aromatic rings. The van der Waals surface area contributed by atoms with Crippen molar-refractivity contribution in [2.45, 2.75) is 20.8 Å². The van der Waals surface area contributed by atoms with Crippen LogP contribution in [0.5, 0.6) is 0 Å². The van der Waals surface area contributed by atoms with E-state index in [-0.39, 0.29) is 12.4 Å². The highest BCUT2D eigenvalue weighted by Gasteiger charge is 2.37. The Labute approximate surface area is 124 Å². The molecule has 2 unspecified atom stereocenters. The van der Waals surface area contributed by atoms with E-state index in [0.29, 0.717) is 11.1 Å². The van der Waals surface area contributed by atoms with Gasteiger partial charge in [0.25, 0.3) is 0 Å². The lowest BCUT2D eigenvalue weighted by Gasteiger charge is -2.20. The second-order valence-corrected chi connectivity index (χ2v) is 4.89. The summed E-state index contributed by atoms with van der Waals surface area (Å²) in [6.45, 7) is 8.52. The normalized spacial score (nSPS) is 13.1. The van der Waals surface area contributed by atoms with Gasteiger partial charge >= 0.3 is 5.97 Å². The Morgan fingerprint density at radius 1 is 1.19 bits per heavy atom. The van der Waals surface area contributed by atoms with Crippen molar-refractivity contribution in [3.05, 3.63) is 48.0 Å². The number of hydrogen-bond acceptors (Lipinski definition) is 4. The van der Waals surface area contributed by atoms with E-state index >= 15 is 0 Å². The standard InChI is InChI=1S/C17H20O4/c1-5-21-17(20)14(12(4)15(18)11(2)3)16(19)13-9-7-6-8-10-13/h6-10,12,14H,2,5H2,1,3-4H3. The van der Waals surface area contributed by atoms with Crippen LogP contribution < -0.4 is 0 Å². The fraction of sp³-hybridized carbons (Fsp3) is 0.353. The molecule has 0 aromatic heterocycles. The maximum absolute atomic E-state index is 12.5. The number of ether oxygens (including phenoxy) is 1. The van der Waals surface area contributed by atoms with Gasteiger partial charge in [0.2, 0.25) is 0 Å². The van der Waals surface area contributed by atoms with E-state index in [4.69, 9.17) is 4.74 Å². The molecule has 0 radical (unpaired) electrons. The van der Waals surface area contributed by atoms with Crippen LogP contribution in [0.3, 0.4) is 0 Å². The Kier molecular flexibility index (Phi) is 6.03. The molecule has 4 heteroatoms. The maximum atomic E-state index is 12.5. The van der Waals surface area contributed by atoms with Gasteiger partial charge in [-0.05, 0) is 19.4 Å². The van der Waals surface area contributed by atoms with Crippen LogP contribution in [0.1, 0.15) is 31.1 Å². The average molecular weight is 288 g/mol. The lowest BCUT2D eigenvalue weighted by atomic mass is 9.82. The number of rotatable bonds is 7. The van der Waals surface area contributed by atoms with Crippen molar-refractivity contribution in [3.63, 3.8) is 0 Å². The molecule has 1 aromatic carbocycles. The third kappa shape index (κ3) is 4.12. The van der Waals surface area contributed by atoms with Crippen LogP contribution >= 0.6 is 0 Å². The highest BCUT2D eigenvalue weighted by molar-refractivity contribution is 6.12. The Morgan fingerprint density at radius 2 is 1.76 bits per heavy atom. The van der Waals surface area contributed by atoms with Gasteiger partial charge in [0, 0.05) is 11.5 Å². The highest BCUT2D eigenvalue weighted by atomic mass is 16.5. The Hall–Kier alpha value is -2.23. The van der Waals surface area contributed by atoms with Gasteiger partial charge in [-0.25, -0.2) is 0 Å². The number of benzene rings is 1. The van der Waals surface area contributed by atoms with Crippen LogP contribution in [-0.2, 0) is 14.3 Å². The van der Waals surface area contributed by atoms with Crippen molar-refractivity contribution in [1.29, 1.82) is 0 Å². The first kappa shape index (κ1) is 16.8. The summed E-state index contributed by atoms with van der Waals surface area (Å²) in [5, 5.41) is 0. The molecule has 0 aliphatic heterocycles. The number of ketones is 2. The molecule has 2 atom stereocenters. The molecule has 0 spiro atoms. The van der Waals surface area contributed by atoms with Gasteiger partial charge in [-0.2, -0.15) is 0 Å². The Bertz CT molecular complexity index is 545. The summed E-state index contributed by atoms with van der Waals surface area (Å²) in [7, 11) is 0. The molecule has 0 aliphatic carbocycles. The molecule has 0 saturated carbocycles. The second kappa shape index (κ2) is 7.53. The molecule has 112 valence electrons. The van der Waals surface area contributed by atoms with E-state index < -0.39 is 23.6 Å². The summed E-state index contributed by atoms with van der Waals surface area (Å²) in [5.41, 5.74) is 0.703. The van der Waals surface area contributed by atoms with Gasteiger partial charge in [-0.15, -0.1) is 0 Å². The van der Waals surface area contributed by atoms with Gasteiger partial charge in [0.05, 0.1) is 6.61 Å². The highest BCUT2D eigenvalue weighted by Crippen LogP contribution is 2.22. The van der Waals surface area contributed by atoms with Crippen LogP contribution in [0.2, 0.25) is 0 Å². The molecule has 0 saturated heterocycles. The minimum atomic E-state index is -1.14. The zero-order valence-corrected chi connectivity index (χ0v) is 12.6. The van der Waals surface area contributed by atoms with Crippen molar-refractivity contribution in [3.8, 4) is 0 Å². The summed E-state index contributed by atoms with van der Waals surface area (Å²) < 4.78 is 4.96. The van der Waals surface area contributed by atoms with Crippen LogP contribution in [0, 0.1) is 11.8 Å². The van der Waals surface area contributed by atoms with Crippen molar-refractivity contribution in [2.24, 2.45) is 11.8 Å². The van der Waals surface area contributed by atoms with Crippen LogP contribution in [0.15, 0.2) is 42.5 Å². The fourth-order valence-electron chi connectivity index (χ4n) is 2.09. The molecule has 0 fully saturated rings. The second-order valence-electron chi connectivity index (χ2n) is 4.89. The first-order valence-corrected chi connectivity index (χ1v) is 6.85. The van der Waals surface area contributed by atoms with Crippen molar-refractivity contribution < 1.29 is 19.1 Å². The van der Waals surface area contributed by atoms with E-state index in [0.717, 1.165) is 0 Å². The SMILES string of the molecule is C=C(C)C(=O)C(C)C(C(=O)OCC)C(=O)c1ccccc1. The third-order valence-corrected chi connectivity index (χ3v) is 3.22. The molecule has 0 heterocycles. The van der Waals surface area contributed by atoms with Crippen LogP contribution in [0.4, 0.5) is 0 Å². The van der Waals surface area contributed by atoms with Crippen molar-refractivity contribution in [1.82, 2.24) is 0 Å². The van der Waals surface area contributed by atoms with Crippen LogP contribution in [-0.4, -0.2) is 24.1 Å². The number of allylic oxidation sites excluding steroid dienone is 1. The van der Waals surface area contributed by atoms with E-state index in [1.54, 1.807) is 51.1 Å². The molecule has 0 aliphatic rings. The molecule has 0 N–H and O–H groups in total. The lowest BCUT2D eigenvalue weighted by molar-refractivity contribution is -0.149. The van der Waals surface area contributed by atoms with Crippen LogP contribution in [0.25, 0.3) is 0 Å². The van der Waals surface area contributed by atoms with Gasteiger partial charge in [-0.1, -0.05) is 43.8 Å². The first-order chi connectivity index (χ1) is 9.90. The first-order valence-electron chi connectivity index (χ1n) is 6.85. The number of carbonyl (C=O) groups excluding carboxylic acids is 3. The largest absolute Gasteiger partial charge is 0.465 e.